The Labute approximate surface area is 153 Å². The van der Waals surface area contributed by atoms with E-state index in [9.17, 15) is 19.6 Å². The number of hydrogen-bond donors (Lipinski definition) is 0. The van der Waals surface area contributed by atoms with Crippen molar-refractivity contribution >= 4 is 23.8 Å². The molecule has 0 aliphatic rings. The molecule has 26 heavy (non-hydrogen) atoms. The number of carbonyl (C=O) groups is 3. The number of rotatable bonds is 6. The molecule has 1 unspecified atom stereocenters. The number of ketones is 1. The second kappa shape index (κ2) is 7.96. The fraction of sp³-hybridized carbons (Fsp3) is 0.400. The van der Waals surface area contributed by atoms with Crippen LogP contribution in [0.2, 0.25) is 0 Å². The van der Waals surface area contributed by atoms with E-state index in [-0.39, 0.29) is 11.1 Å². The SMILES string of the molecule is C=Cc1ccc(C(=O)OCC(C)(C(C)=O)C(=O)OC(C)(C)C)c(C#N)c1. The zero-order valence-corrected chi connectivity index (χ0v) is 15.7. The Morgan fingerprint density at radius 1 is 1.23 bits per heavy atom. The second-order valence-electron chi connectivity index (χ2n) is 7.09. The zero-order valence-electron chi connectivity index (χ0n) is 15.7. The largest absolute Gasteiger partial charge is 0.460 e. The highest BCUT2D eigenvalue weighted by Gasteiger charge is 2.43. The molecule has 0 amide bonds. The Balaban J connectivity index is 3.02. The molecule has 0 spiro atoms. The van der Waals surface area contributed by atoms with Crippen molar-refractivity contribution in [2.24, 2.45) is 5.41 Å². The van der Waals surface area contributed by atoms with Crippen LogP contribution in [0.25, 0.3) is 6.08 Å². The summed E-state index contributed by atoms with van der Waals surface area (Å²) < 4.78 is 10.4. The van der Waals surface area contributed by atoms with E-state index >= 15 is 0 Å². The van der Waals surface area contributed by atoms with Crippen molar-refractivity contribution in [2.75, 3.05) is 6.61 Å². The van der Waals surface area contributed by atoms with Crippen molar-refractivity contribution in [1.82, 2.24) is 0 Å². The Bertz CT molecular complexity index is 782. The maximum atomic E-state index is 12.4. The summed E-state index contributed by atoms with van der Waals surface area (Å²) in [7, 11) is 0. The Morgan fingerprint density at radius 2 is 1.85 bits per heavy atom. The van der Waals surface area contributed by atoms with Crippen LogP contribution in [0.1, 0.15) is 56.1 Å². The van der Waals surface area contributed by atoms with Gasteiger partial charge in [0, 0.05) is 0 Å². The first-order chi connectivity index (χ1) is 11.9. The van der Waals surface area contributed by atoms with E-state index in [1.54, 1.807) is 32.9 Å². The lowest BCUT2D eigenvalue weighted by atomic mass is 9.87. The van der Waals surface area contributed by atoms with Crippen molar-refractivity contribution in [2.45, 2.75) is 40.2 Å². The van der Waals surface area contributed by atoms with Gasteiger partial charge in [0.2, 0.25) is 0 Å². The van der Waals surface area contributed by atoms with Crippen LogP contribution in [-0.4, -0.2) is 29.9 Å². The molecule has 138 valence electrons. The van der Waals surface area contributed by atoms with Crippen LogP contribution in [0.3, 0.4) is 0 Å². The first kappa shape index (κ1) is 21.1. The number of ether oxygens (including phenoxy) is 2. The predicted octanol–water partition coefficient (Wildman–Crippen LogP) is 3.30. The molecule has 0 heterocycles. The van der Waals surface area contributed by atoms with Gasteiger partial charge in [-0.15, -0.1) is 0 Å². The van der Waals surface area contributed by atoms with Gasteiger partial charge in [-0.2, -0.15) is 5.26 Å². The molecule has 0 saturated carbocycles. The molecule has 0 bridgehead atoms. The Morgan fingerprint density at radius 3 is 2.31 bits per heavy atom. The van der Waals surface area contributed by atoms with Crippen LogP contribution in [-0.2, 0) is 19.1 Å². The highest BCUT2D eigenvalue weighted by atomic mass is 16.6. The number of esters is 2. The van der Waals surface area contributed by atoms with Gasteiger partial charge in [0.25, 0.3) is 0 Å². The molecule has 1 atom stereocenters. The molecule has 1 aromatic rings. The van der Waals surface area contributed by atoms with Gasteiger partial charge in [-0.05, 0) is 52.3 Å². The lowest BCUT2D eigenvalue weighted by molar-refractivity contribution is -0.171. The summed E-state index contributed by atoms with van der Waals surface area (Å²) in [6, 6.07) is 6.47. The lowest BCUT2D eigenvalue weighted by Crippen LogP contribution is -2.44. The van der Waals surface area contributed by atoms with E-state index in [1.807, 2.05) is 6.07 Å². The lowest BCUT2D eigenvalue weighted by Gasteiger charge is -2.29. The van der Waals surface area contributed by atoms with E-state index in [1.165, 1.54) is 26.0 Å². The van der Waals surface area contributed by atoms with Gasteiger partial charge in [-0.3, -0.25) is 9.59 Å². The number of hydrogen-bond acceptors (Lipinski definition) is 6. The molecule has 0 radical (unpaired) electrons. The molecule has 6 nitrogen and oxygen atoms in total. The summed E-state index contributed by atoms with van der Waals surface area (Å²) >= 11 is 0. The summed E-state index contributed by atoms with van der Waals surface area (Å²) in [6.07, 6.45) is 1.55. The summed E-state index contributed by atoms with van der Waals surface area (Å²) in [5, 5.41) is 9.20. The zero-order chi connectivity index (χ0) is 20.1. The number of nitrogens with zero attached hydrogens (tertiary/aromatic N) is 1. The van der Waals surface area contributed by atoms with E-state index in [0.717, 1.165) is 0 Å². The van der Waals surface area contributed by atoms with E-state index < -0.39 is 35.3 Å². The number of Topliss-reactive ketones (excluding diaryl/α,β-unsaturated/α-hetero) is 1. The molecule has 0 aliphatic carbocycles. The van der Waals surface area contributed by atoms with Gasteiger partial charge in [0.15, 0.2) is 5.41 Å². The van der Waals surface area contributed by atoms with Gasteiger partial charge >= 0.3 is 11.9 Å². The van der Waals surface area contributed by atoms with Crippen molar-refractivity contribution in [3.63, 3.8) is 0 Å². The smallest absolute Gasteiger partial charge is 0.339 e. The molecule has 0 fully saturated rings. The summed E-state index contributed by atoms with van der Waals surface area (Å²) in [6.45, 7) is 10.8. The van der Waals surface area contributed by atoms with E-state index in [0.29, 0.717) is 5.56 Å². The molecular weight excluding hydrogens is 334 g/mol. The average molecular weight is 357 g/mol. The number of benzene rings is 1. The van der Waals surface area contributed by atoms with Crippen LogP contribution in [0.5, 0.6) is 0 Å². The normalized spacial score (nSPS) is 13.1. The third kappa shape index (κ3) is 5.03. The third-order valence-corrected chi connectivity index (χ3v) is 3.74. The van der Waals surface area contributed by atoms with Crippen LogP contribution in [0.4, 0.5) is 0 Å². The topological polar surface area (TPSA) is 93.5 Å². The molecular formula is C20H23NO5. The standard InChI is InChI=1S/C20H23NO5/c1-7-14-8-9-16(15(10-14)11-21)17(23)25-12-20(6,13(2)22)18(24)26-19(3,4)5/h7-10H,1,12H2,2-6H3. The van der Waals surface area contributed by atoms with Crippen LogP contribution >= 0.6 is 0 Å². The maximum absolute atomic E-state index is 12.4. The van der Waals surface area contributed by atoms with Crippen molar-refractivity contribution in [1.29, 1.82) is 5.26 Å². The Hall–Kier alpha value is -2.94. The first-order valence-electron chi connectivity index (χ1n) is 8.03. The van der Waals surface area contributed by atoms with Crippen molar-refractivity contribution < 1.29 is 23.9 Å². The van der Waals surface area contributed by atoms with Gasteiger partial charge in [0.05, 0.1) is 11.1 Å². The number of nitriles is 1. The summed E-state index contributed by atoms with van der Waals surface area (Å²) in [5.41, 5.74) is -1.56. The minimum absolute atomic E-state index is 0.0493. The molecule has 1 rings (SSSR count). The molecule has 0 aromatic heterocycles. The minimum atomic E-state index is -1.63. The van der Waals surface area contributed by atoms with Gasteiger partial charge < -0.3 is 9.47 Å². The number of carbonyl (C=O) groups excluding carboxylic acids is 3. The molecule has 0 N–H and O–H groups in total. The van der Waals surface area contributed by atoms with Gasteiger partial charge in [-0.1, -0.05) is 18.7 Å². The summed E-state index contributed by atoms with van der Waals surface area (Å²) in [5.74, 6) is -2.05. The predicted molar refractivity (Wildman–Crippen MR) is 96.2 cm³/mol. The molecule has 0 aliphatic heterocycles. The van der Waals surface area contributed by atoms with Crippen molar-refractivity contribution in [3.8, 4) is 6.07 Å². The fourth-order valence-electron chi connectivity index (χ4n) is 1.94. The average Bonchev–Trinajstić information content (AvgIpc) is 2.56. The van der Waals surface area contributed by atoms with E-state index in [4.69, 9.17) is 9.47 Å². The van der Waals surface area contributed by atoms with Crippen LogP contribution in [0.15, 0.2) is 24.8 Å². The van der Waals surface area contributed by atoms with Crippen LogP contribution < -0.4 is 0 Å². The molecule has 6 heteroatoms. The highest BCUT2D eigenvalue weighted by molar-refractivity contribution is 6.03. The summed E-state index contributed by atoms with van der Waals surface area (Å²) in [4.78, 5) is 36.7. The second-order valence-corrected chi connectivity index (χ2v) is 7.09. The first-order valence-corrected chi connectivity index (χ1v) is 8.03. The monoisotopic (exact) mass is 357 g/mol. The van der Waals surface area contributed by atoms with Gasteiger partial charge in [0.1, 0.15) is 24.1 Å². The minimum Gasteiger partial charge on any atom is -0.460 e. The molecule has 1 aromatic carbocycles. The highest BCUT2D eigenvalue weighted by Crippen LogP contribution is 2.25. The van der Waals surface area contributed by atoms with E-state index in [2.05, 4.69) is 6.58 Å². The van der Waals surface area contributed by atoms with Gasteiger partial charge in [-0.25, -0.2) is 4.79 Å². The third-order valence-electron chi connectivity index (χ3n) is 3.74. The Kier molecular flexibility index (Phi) is 6.46. The van der Waals surface area contributed by atoms with Crippen molar-refractivity contribution in [3.05, 3.63) is 41.5 Å². The molecule has 0 saturated heterocycles. The maximum Gasteiger partial charge on any atom is 0.339 e. The quantitative estimate of drug-likeness (QED) is 0.573. The fourth-order valence-corrected chi connectivity index (χ4v) is 1.94. The van der Waals surface area contributed by atoms with Crippen LogP contribution in [0, 0.1) is 16.7 Å².